The third-order valence-electron chi connectivity index (χ3n) is 3.68. The van der Waals surface area contributed by atoms with Gasteiger partial charge in [0.2, 0.25) is 0 Å². The van der Waals surface area contributed by atoms with Gasteiger partial charge in [0, 0.05) is 28.8 Å². The molecule has 23 heavy (non-hydrogen) atoms. The summed E-state index contributed by atoms with van der Waals surface area (Å²) in [7, 11) is 0. The molecule has 1 amide bonds. The van der Waals surface area contributed by atoms with Crippen LogP contribution in [0.15, 0.2) is 46.9 Å². The van der Waals surface area contributed by atoms with Crippen LogP contribution in [0.25, 0.3) is 0 Å². The Bertz CT molecular complexity index is 700. The van der Waals surface area contributed by atoms with E-state index in [2.05, 4.69) is 26.1 Å². The van der Waals surface area contributed by atoms with E-state index in [9.17, 15) is 9.18 Å². The van der Waals surface area contributed by atoms with Gasteiger partial charge in [0.15, 0.2) is 0 Å². The van der Waals surface area contributed by atoms with Crippen molar-refractivity contribution in [3.8, 4) is 0 Å². The van der Waals surface area contributed by atoms with Crippen molar-refractivity contribution in [1.29, 1.82) is 0 Å². The average Bonchev–Trinajstić information content (AvgIpc) is 2.58. The van der Waals surface area contributed by atoms with Crippen LogP contribution in [0.4, 0.5) is 15.8 Å². The van der Waals surface area contributed by atoms with Crippen molar-refractivity contribution in [3.05, 3.63) is 58.3 Å². The molecule has 1 saturated heterocycles. The molecule has 1 N–H and O–H groups in total. The molecule has 3 rings (SSSR count). The molecular weight excluding hydrogens is 363 g/mol. The van der Waals surface area contributed by atoms with E-state index >= 15 is 0 Å². The van der Waals surface area contributed by atoms with E-state index in [4.69, 9.17) is 4.74 Å². The Morgan fingerprint density at radius 3 is 2.52 bits per heavy atom. The number of morpholine rings is 1. The molecule has 1 aliphatic heterocycles. The molecule has 0 bridgehead atoms. The Hall–Kier alpha value is -1.92. The predicted octanol–water partition coefficient (Wildman–Crippen LogP) is 3.68. The first-order valence-electron chi connectivity index (χ1n) is 7.32. The fourth-order valence-corrected chi connectivity index (χ4v) is 2.69. The zero-order valence-corrected chi connectivity index (χ0v) is 14.0. The number of benzene rings is 2. The van der Waals surface area contributed by atoms with E-state index in [0.29, 0.717) is 18.8 Å². The van der Waals surface area contributed by atoms with Crippen molar-refractivity contribution < 1.29 is 13.9 Å². The van der Waals surface area contributed by atoms with Gasteiger partial charge in [-0.1, -0.05) is 15.9 Å². The van der Waals surface area contributed by atoms with Gasteiger partial charge < -0.3 is 15.0 Å². The quantitative estimate of drug-likeness (QED) is 0.885. The summed E-state index contributed by atoms with van der Waals surface area (Å²) < 4.78 is 20.2. The van der Waals surface area contributed by atoms with Crippen LogP contribution in [-0.2, 0) is 4.74 Å². The lowest BCUT2D eigenvalue weighted by molar-refractivity contribution is 0.102. The molecule has 6 heteroatoms. The number of anilines is 2. The molecule has 0 saturated carbocycles. The van der Waals surface area contributed by atoms with Crippen LogP contribution in [0.2, 0.25) is 0 Å². The predicted molar refractivity (Wildman–Crippen MR) is 91.5 cm³/mol. The maximum atomic E-state index is 14.0. The molecule has 0 aromatic heterocycles. The van der Waals surface area contributed by atoms with Gasteiger partial charge in [0.05, 0.1) is 18.9 Å². The molecule has 1 aliphatic rings. The summed E-state index contributed by atoms with van der Waals surface area (Å²) in [5.41, 5.74) is 1.53. The summed E-state index contributed by atoms with van der Waals surface area (Å²) >= 11 is 3.32. The molecule has 0 unspecified atom stereocenters. The summed E-state index contributed by atoms with van der Waals surface area (Å²) in [6, 6.07) is 11.7. The molecule has 0 spiro atoms. The molecule has 1 fully saturated rings. The second kappa shape index (κ2) is 7.10. The normalized spacial score (nSPS) is 14.6. The standard InChI is InChI=1S/C17H16BrFN2O2/c18-13-3-1-12(2-4-13)17(22)20-16-11-14(5-6-15(16)19)21-7-9-23-10-8-21/h1-6,11H,7-10H2,(H,20,22). The molecule has 4 nitrogen and oxygen atoms in total. The van der Waals surface area contributed by atoms with Gasteiger partial charge in [-0.3, -0.25) is 4.79 Å². The number of ether oxygens (including phenoxy) is 1. The first-order chi connectivity index (χ1) is 11.1. The zero-order valence-electron chi connectivity index (χ0n) is 12.4. The summed E-state index contributed by atoms with van der Waals surface area (Å²) in [5, 5.41) is 2.64. The first kappa shape index (κ1) is 16.0. The van der Waals surface area contributed by atoms with E-state index < -0.39 is 5.82 Å². The van der Waals surface area contributed by atoms with Crippen molar-refractivity contribution in [2.45, 2.75) is 0 Å². The topological polar surface area (TPSA) is 41.6 Å². The molecule has 0 radical (unpaired) electrons. The summed E-state index contributed by atoms with van der Waals surface area (Å²) in [5.74, 6) is -0.789. The number of carbonyl (C=O) groups excluding carboxylic acids is 1. The number of nitrogens with one attached hydrogen (secondary N) is 1. The lowest BCUT2D eigenvalue weighted by Gasteiger charge is -2.29. The number of halogens is 2. The Morgan fingerprint density at radius 2 is 1.83 bits per heavy atom. The minimum atomic E-state index is -0.451. The fourth-order valence-electron chi connectivity index (χ4n) is 2.42. The van der Waals surface area contributed by atoms with Crippen molar-refractivity contribution in [2.24, 2.45) is 0 Å². The van der Waals surface area contributed by atoms with Crippen molar-refractivity contribution in [2.75, 3.05) is 36.5 Å². The van der Waals surface area contributed by atoms with Crippen LogP contribution in [0, 0.1) is 5.82 Å². The number of rotatable bonds is 3. The van der Waals surface area contributed by atoms with Crippen LogP contribution in [-0.4, -0.2) is 32.2 Å². The van der Waals surface area contributed by atoms with Crippen molar-refractivity contribution in [3.63, 3.8) is 0 Å². The summed E-state index contributed by atoms with van der Waals surface area (Å²) in [4.78, 5) is 14.3. The largest absolute Gasteiger partial charge is 0.378 e. The molecule has 2 aromatic rings. The van der Waals surface area contributed by atoms with Crippen LogP contribution in [0.5, 0.6) is 0 Å². The summed E-state index contributed by atoms with van der Waals surface area (Å²) in [6.45, 7) is 2.81. The van der Waals surface area contributed by atoms with Crippen molar-refractivity contribution >= 4 is 33.2 Å². The van der Waals surface area contributed by atoms with Crippen LogP contribution >= 0.6 is 15.9 Å². The molecule has 0 atom stereocenters. The molecule has 120 valence electrons. The van der Waals surface area contributed by atoms with Gasteiger partial charge in [0.25, 0.3) is 5.91 Å². The van der Waals surface area contributed by atoms with E-state index in [-0.39, 0.29) is 11.6 Å². The molecule has 0 aliphatic carbocycles. The third kappa shape index (κ3) is 3.89. The minimum Gasteiger partial charge on any atom is -0.378 e. The molecule has 1 heterocycles. The van der Waals surface area contributed by atoms with E-state index in [1.165, 1.54) is 6.07 Å². The van der Waals surface area contributed by atoms with Crippen molar-refractivity contribution in [1.82, 2.24) is 0 Å². The van der Waals surface area contributed by atoms with E-state index in [0.717, 1.165) is 23.2 Å². The maximum absolute atomic E-state index is 14.0. The highest BCUT2D eigenvalue weighted by Gasteiger charge is 2.15. The first-order valence-corrected chi connectivity index (χ1v) is 8.12. The number of hydrogen-bond acceptors (Lipinski definition) is 3. The second-order valence-electron chi connectivity index (χ2n) is 5.22. The highest BCUT2D eigenvalue weighted by Crippen LogP contribution is 2.24. The Kier molecular flexibility index (Phi) is 4.93. The van der Waals surface area contributed by atoms with Gasteiger partial charge in [0.1, 0.15) is 5.82 Å². The van der Waals surface area contributed by atoms with Crippen LogP contribution < -0.4 is 10.2 Å². The minimum absolute atomic E-state index is 0.182. The Morgan fingerprint density at radius 1 is 1.13 bits per heavy atom. The van der Waals surface area contributed by atoms with Gasteiger partial charge in [-0.15, -0.1) is 0 Å². The monoisotopic (exact) mass is 378 g/mol. The summed E-state index contributed by atoms with van der Waals surface area (Å²) in [6.07, 6.45) is 0. The number of nitrogens with zero attached hydrogens (tertiary/aromatic N) is 1. The Balaban J connectivity index is 1.78. The SMILES string of the molecule is O=C(Nc1cc(N2CCOCC2)ccc1F)c1ccc(Br)cc1. The van der Waals surface area contributed by atoms with Gasteiger partial charge in [-0.25, -0.2) is 4.39 Å². The molecule has 2 aromatic carbocycles. The number of amides is 1. The number of carbonyl (C=O) groups is 1. The highest BCUT2D eigenvalue weighted by atomic mass is 79.9. The lowest BCUT2D eigenvalue weighted by atomic mass is 10.2. The lowest BCUT2D eigenvalue weighted by Crippen LogP contribution is -2.36. The Labute approximate surface area is 142 Å². The van der Waals surface area contributed by atoms with Gasteiger partial charge in [-0.05, 0) is 42.5 Å². The second-order valence-corrected chi connectivity index (χ2v) is 6.14. The molecular formula is C17H16BrFN2O2. The van der Waals surface area contributed by atoms with E-state index in [1.807, 2.05) is 0 Å². The van der Waals surface area contributed by atoms with Crippen LogP contribution in [0.1, 0.15) is 10.4 Å². The third-order valence-corrected chi connectivity index (χ3v) is 4.21. The highest BCUT2D eigenvalue weighted by molar-refractivity contribution is 9.10. The van der Waals surface area contributed by atoms with Crippen LogP contribution in [0.3, 0.4) is 0 Å². The van der Waals surface area contributed by atoms with E-state index in [1.54, 1.807) is 36.4 Å². The van der Waals surface area contributed by atoms with Gasteiger partial charge >= 0.3 is 0 Å². The fraction of sp³-hybridized carbons (Fsp3) is 0.235. The van der Waals surface area contributed by atoms with Gasteiger partial charge in [-0.2, -0.15) is 0 Å². The number of hydrogen-bond donors (Lipinski definition) is 1. The maximum Gasteiger partial charge on any atom is 0.255 e. The smallest absolute Gasteiger partial charge is 0.255 e. The zero-order chi connectivity index (χ0) is 16.2. The average molecular weight is 379 g/mol.